The number of nitrogens with zero attached hydrogens (tertiary/aromatic N) is 2. The topological polar surface area (TPSA) is 55.9 Å². The molecule has 7 heteroatoms. The highest BCUT2D eigenvalue weighted by Crippen LogP contribution is 2.27. The van der Waals surface area contributed by atoms with Gasteiger partial charge in [0.05, 0.1) is 16.2 Å². The molecule has 0 amide bonds. The summed E-state index contributed by atoms with van der Waals surface area (Å²) in [6.07, 6.45) is 2.64. The predicted octanol–water partition coefficient (Wildman–Crippen LogP) is 2.77. The average molecular weight is 359 g/mol. The molecule has 2 rings (SSSR count). The van der Waals surface area contributed by atoms with Crippen LogP contribution in [0.5, 0.6) is 0 Å². The number of aromatic nitrogens is 2. The Bertz CT molecular complexity index is 642. The van der Waals surface area contributed by atoms with Crippen molar-refractivity contribution in [1.82, 2.24) is 15.2 Å². The van der Waals surface area contributed by atoms with Crippen LogP contribution >= 0.6 is 15.9 Å². The van der Waals surface area contributed by atoms with E-state index in [1.54, 1.807) is 11.7 Å². The zero-order valence-electron chi connectivity index (χ0n) is 11.8. The van der Waals surface area contributed by atoms with Crippen LogP contribution in [0, 0.1) is 11.6 Å². The Morgan fingerprint density at radius 2 is 2.14 bits per heavy atom. The second kappa shape index (κ2) is 6.64. The summed E-state index contributed by atoms with van der Waals surface area (Å²) in [7, 11) is 1.80. The molecule has 1 aromatic heterocycles. The van der Waals surface area contributed by atoms with Crippen molar-refractivity contribution in [1.29, 1.82) is 0 Å². The smallest absolute Gasteiger partial charge is 0.143 e. The van der Waals surface area contributed by atoms with Gasteiger partial charge in [-0.2, -0.15) is 5.10 Å². The van der Waals surface area contributed by atoms with Crippen molar-refractivity contribution in [2.24, 2.45) is 12.9 Å². The number of hydrazine groups is 1. The van der Waals surface area contributed by atoms with Crippen molar-refractivity contribution in [2.45, 2.75) is 25.8 Å². The van der Waals surface area contributed by atoms with Crippen LogP contribution in [0.2, 0.25) is 0 Å². The maximum atomic E-state index is 14.1. The van der Waals surface area contributed by atoms with E-state index in [2.05, 4.69) is 26.5 Å². The quantitative estimate of drug-likeness (QED) is 0.490. The molecular formula is C14H17BrF2N4. The monoisotopic (exact) mass is 358 g/mol. The highest BCUT2D eigenvalue weighted by molar-refractivity contribution is 9.10. The van der Waals surface area contributed by atoms with E-state index in [1.807, 2.05) is 13.1 Å². The first-order valence-corrected chi connectivity index (χ1v) is 7.38. The van der Waals surface area contributed by atoms with E-state index in [0.29, 0.717) is 0 Å². The summed E-state index contributed by atoms with van der Waals surface area (Å²) >= 11 is 3.07. The number of aryl methyl sites for hydroxylation is 2. The van der Waals surface area contributed by atoms with Crippen molar-refractivity contribution >= 4 is 15.9 Å². The zero-order chi connectivity index (χ0) is 15.6. The van der Waals surface area contributed by atoms with Crippen LogP contribution in [0.4, 0.5) is 8.78 Å². The molecular weight excluding hydrogens is 342 g/mol. The standard InChI is InChI=1S/C14H17BrF2N4/c1-3-12-9(7-21(2)20-12)13(19-18)6-8-11(16)5-4-10(15)14(8)17/h4-5,7,13,19H,3,6,18H2,1-2H3. The van der Waals surface area contributed by atoms with E-state index in [-0.39, 0.29) is 16.5 Å². The fourth-order valence-corrected chi connectivity index (χ4v) is 2.71. The van der Waals surface area contributed by atoms with Gasteiger partial charge in [-0.25, -0.2) is 8.78 Å². The zero-order valence-corrected chi connectivity index (χ0v) is 13.4. The summed E-state index contributed by atoms with van der Waals surface area (Å²) in [5.74, 6) is 4.39. The molecule has 21 heavy (non-hydrogen) atoms. The summed E-state index contributed by atoms with van der Waals surface area (Å²) in [4.78, 5) is 0. The minimum atomic E-state index is -0.600. The van der Waals surface area contributed by atoms with E-state index >= 15 is 0 Å². The first-order valence-electron chi connectivity index (χ1n) is 6.58. The fourth-order valence-electron chi connectivity index (χ4n) is 2.34. The Morgan fingerprint density at radius 3 is 2.76 bits per heavy atom. The summed E-state index contributed by atoms with van der Waals surface area (Å²) in [6, 6.07) is 2.17. The second-order valence-electron chi connectivity index (χ2n) is 4.80. The molecule has 1 atom stereocenters. The first-order chi connectivity index (χ1) is 9.97. The largest absolute Gasteiger partial charge is 0.275 e. The van der Waals surface area contributed by atoms with Gasteiger partial charge in [-0.3, -0.25) is 16.0 Å². The maximum Gasteiger partial charge on any atom is 0.143 e. The minimum Gasteiger partial charge on any atom is -0.275 e. The van der Waals surface area contributed by atoms with Crippen LogP contribution in [0.15, 0.2) is 22.8 Å². The molecule has 0 bridgehead atoms. The molecule has 0 saturated carbocycles. The summed E-state index contributed by atoms with van der Waals surface area (Å²) in [5, 5.41) is 4.33. The van der Waals surface area contributed by atoms with Crippen molar-refractivity contribution in [3.8, 4) is 0 Å². The van der Waals surface area contributed by atoms with Crippen LogP contribution in [0.3, 0.4) is 0 Å². The van der Waals surface area contributed by atoms with Gasteiger partial charge < -0.3 is 0 Å². The van der Waals surface area contributed by atoms with Gasteiger partial charge in [0, 0.05) is 24.4 Å². The lowest BCUT2D eigenvalue weighted by Gasteiger charge is -2.17. The number of nitrogens with two attached hydrogens (primary N) is 1. The van der Waals surface area contributed by atoms with Crippen molar-refractivity contribution in [3.63, 3.8) is 0 Å². The number of hydrogen-bond donors (Lipinski definition) is 2. The van der Waals surface area contributed by atoms with Gasteiger partial charge in [-0.05, 0) is 40.9 Å². The minimum absolute atomic E-state index is 0.00164. The third-order valence-electron chi connectivity index (χ3n) is 3.40. The molecule has 0 aliphatic heterocycles. The molecule has 4 nitrogen and oxygen atoms in total. The molecule has 2 aromatic rings. The van der Waals surface area contributed by atoms with E-state index in [1.165, 1.54) is 12.1 Å². The maximum absolute atomic E-state index is 14.1. The lowest BCUT2D eigenvalue weighted by Crippen LogP contribution is -2.30. The third kappa shape index (κ3) is 3.30. The number of halogens is 3. The number of nitrogens with one attached hydrogen (secondary N) is 1. The Kier molecular flexibility index (Phi) is 5.08. The van der Waals surface area contributed by atoms with Gasteiger partial charge in [-0.1, -0.05) is 6.92 Å². The van der Waals surface area contributed by atoms with Crippen LogP contribution in [-0.2, 0) is 19.9 Å². The average Bonchev–Trinajstić information content (AvgIpc) is 2.84. The first kappa shape index (κ1) is 16.1. The van der Waals surface area contributed by atoms with Crippen LogP contribution in [-0.4, -0.2) is 9.78 Å². The highest BCUT2D eigenvalue weighted by atomic mass is 79.9. The van der Waals surface area contributed by atoms with Gasteiger partial charge in [0.2, 0.25) is 0 Å². The van der Waals surface area contributed by atoms with Gasteiger partial charge in [0.15, 0.2) is 0 Å². The molecule has 0 spiro atoms. The Balaban J connectivity index is 2.38. The molecule has 0 fully saturated rings. The molecule has 1 unspecified atom stereocenters. The van der Waals surface area contributed by atoms with Gasteiger partial charge >= 0.3 is 0 Å². The van der Waals surface area contributed by atoms with Crippen LogP contribution < -0.4 is 11.3 Å². The second-order valence-corrected chi connectivity index (χ2v) is 5.66. The lowest BCUT2D eigenvalue weighted by atomic mass is 9.98. The molecule has 0 aliphatic rings. The van der Waals surface area contributed by atoms with E-state index in [9.17, 15) is 8.78 Å². The van der Waals surface area contributed by atoms with E-state index in [4.69, 9.17) is 5.84 Å². The Labute approximate surface area is 130 Å². The van der Waals surface area contributed by atoms with E-state index in [0.717, 1.165) is 17.7 Å². The fraction of sp³-hybridized carbons (Fsp3) is 0.357. The third-order valence-corrected chi connectivity index (χ3v) is 4.01. The highest BCUT2D eigenvalue weighted by Gasteiger charge is 2.21. The molecule has 0 aliphatic carbocycles. The normalized spacial score (nSPS) is 12.7. The predicted molar refractivity (Wildman–Crippen MR) is 80.4 cm³/mol. The molecule has 1 aromatic carbocycles. The van der Waals surface area contributed by atoms with Crippen LogP contribution in [0.1, 0.15) is 29.8 Å². The molecule has 3 N–H and O–H groups in total. The van der Waals surface area contributed by atoms with Crippen molar-refractivity contribution in [2.75, 3.05) is 0 Å². The summed E-state index contributed by atoms with van der Waals surface area (Å²) < 4.78 is 29.9. The van der Waals surface area contributed by atoms with Gasteiger partial charge in [-0.15, -0.1) is 0 Å². The summed E-state index contributed by atoms with van der Waals surface area (Å²) in [6.45, 7) is 1.97. The lowest BCUT2D eigenvalue weighted by molar-refractivity contribution is 0.496. The van der Waals surface area contributed by atoms with Gasteiger partial charge in [0.1, 0.15) is 11.6 Å². The van der Waals surface area contributed by atoms with Crippen molar-refractivity contribution in [3.05, 3.63) is 51.3 Å². The molecule has 1 heterocycles. The molecule has 0 radical (unpaired) electrons. The Morgan fingerprint density at radius 1 is 1.43 bits per heavy atom. The van der Waals surface area contributed by atoms with E-state index < -0.39 is 17.7 Å². The number of benzene rings is 1. The number of rotatable bonds is 5. The van der Waals surface area contributed by atoms with Crippen LogP contribution in [0.25, 0.3) is 0 Å². The van der Waals surface area contributed by atoms with Gasteiger partial charge in [0.25, 0.3) is 0 Å². The summed E-state index contributed by atoms with van der Waals surface area (Å²) in [5.41, 5.74) is 4.33. The SMILES string of the molecule is CCc1nn(C)cc1C(Cc1c(F)ccc(Br)c1F)NN. The number of hydrogen-bond acceptors (Lipinski definition) is 3. The molecule has 114 valence electrons. The Hall–Kier alpha value is -1.31. The van der Waals surface area contributed by atoms with Crippen molar-refractivity contribution < 1.29 is 8.78 Å². The molecule has 0 saturated heterocycles.